The second-order valence-corrected chi connectivity index (χ2v) is 9.06. The van der Waals surface area contributed by atoms with Crippen molar-refractivity contribution in [2.45, 2.75) is 12.8 Å². The molecule has 0 bridgehead atoms. The average molecular weight is 573 g/mol. The van der Waals surface area contributed by atoms with Crippen LogP contribution in [0.1, 0.15) is 43.0 Å². The minimum Gasteiger partial charge on any atom is -0.497 e. The molecule has 0 N–H and O–H groups in total. The average Bonchev–Trinajstić information content (AvgIpc) is 3.04. The maximum atomic E-state index is 11.8. The van der Waals surface area contributed by atoms with E-state index in [0.29, 0.717) is 29.7 Å². The van der Waals surface area contributed by atoms with E-state index in [1.807, 2.05) is 60.7 Å². The van der Waals surface area contributed by atoms with Gasteiger partial charge < -0.3 is 28.4 Å². The van der Waals surface area contributed by atoms with Gasteiger partial charge in [0.05, 0.1) is 48.2 Å². The van der Waals surface area contributed by atoms with Crippen molar-refractivity contribution in [3.63, 3.8) is 0 Å². The van der Waals surface area contributed by atoms with Gasteiger partial charge in [0.1, 0.15) is 28.6 Å². The first kappa shape index (κ1) is 31.5. The van der Waals surface area contributed by atoms with Gasteiger partial charge in [-0.15, -0.1) is 0 Å². The largest absolute Gasteiger partial charge is 0.497 e. The molecule has 0 aliphatic rings. The van der Waals surface area contributed by atoms with Crippen LogP contribution in [0.4, 0.5) is 0 Å². The fourth-order valence-corrected chi connectivity index (χ4v) is 4.32. The van der Waals surface area contributed by atoms with Gasteiger partial charge in [-0.25, -0.2) is 9.59 Å². The zero-order chi connectivity index (χ0) is 30.5. The molecule has 0 unspecified atom stereocenters. The molecule has 0 saturated heterocycles. The van der Waals surface area contributed by atoms with Gasteiger partial charge in [-0.1, -0.05) is 36.4 Å². The van der Waals surface area contributed by atoms with Gasteiger partial charge in [0.15, 0.2) is 0 Å². The molecule has 0 heterocycles. The molecule has 42 heavy (non-hydrogen) atoms. The molecule has 0 aliphatic carbocycles. The molecular formula is C34H36O8. The molecular weight excluding hydrogens is 536 g/mol. The van der Waals surface area contributed by atoms with Gasteiger partial charge in [0.25, 0.3) is 0 Å². The molecule has 8 heteroatoms. The molecule has 0 fully saturated rings. The molecule has 8 nitrogen and oxygen atoms in total. The number of carbonyl (C=O) groups excluding carboxylic acids is 2. The van der Waals surface area contributed by atoms with Crippen molar-refractivity contribution in [2.24, 2.45) is 0 Å². The smallest absolute Gasteiger partial charge is 0.341 e. The van der Waals surface area contributed by atoms with Crippen molar-refractivity contribution >= 4 is 11.9 Å². The molecule has 4 rings (SSSR count). The standard InChI is InChI=1S/2C17H18O4/c1-19-15-7-4-12(5-8-15)10-14-11-13(17(18)21-3)6-9-16(14)20-2;1-19-14-9-7-12(8-10-14)11-13-5-4-6-15(16(13)20-2)17(18)21-3/h4-9,11H,10H2,1-3H3;4-10H,11H2,1-3H3. The van der Waals surface area contributed by atoms with Gasteiger partial charge in [0, 0.05) is 12.8 Å². The lowest BCUT2D eigenvalue weighted by Crippen LogP contribution is -2.06. The molecule has 4 aromatic rings. The van der Waals surface area contributed by atoms with Gasteiger partial charge in [0.2, 0.25) is 0 Å². The number of carbonyl (C=O) groups is 2. The molecule has 220 valence electrons. The van der Waals surface area contributed by atoms with E-state index in [-0.39, 0.29) is 5.97 Å². The van der Waals surface area contributed by atoms with Crippen LogP contribution in [0, 0.1) is 0 Å². The molecule has 4 aromatic carbocycles. The van der Waals surface area contributed by atoms with Crippen LogP contribution in [0.2, 0.25) is 0 Å². The first-order chi connectivity index (χ1) is 20.4. The summed E-state index contributed by atoms with van der Waals surface area (Å²) in [5.74, 6) is 2.18. The Bertz CT molecular complexity index is 1410. The summed E-state index contributed by atoms with van der Waals surface area (Å²) in [6.45, 7) is 0. The quantitative estimate of drug-likeness (QED) is 0.209. The number of esters is 2. The minimum atomic E-state index is -0.400. The highest BCUT2D eigenvalue weighted by Crippen LogP contribution is 2.28. The van der Waals surface area contributed by atoms with E-state index in [1.54, 1.807) is 52.7 Å². The summed E-state index contributed by atoms with van der Waals surface area (Å²) in [4.78, 5) is 23.4. The number of benzene rings is 4. The second kappa shape index (κ2) is 15.7. The summed E-state index contributed by atoms with van der Waals surface area (Å²) in [5, 5.41) is 0. The summed E-state index contributed by atoms with van der Waals surface area (Å²) >= 11 is 0. The summed E-state index contributed by atoms with van der Waals surface area (Å²) in [5.41, 5.74) is 5.04. The topological polar surface area (TPSA) is 89.5 Å². The van der Waals surface area contributed by atoms with Crippen LogP contribution in [0.25, 0.3) is 0 Å². The Morgan fingerprint density at radius 3 is 1.57 bits per heavy atom. The fourth-order valence-electron chi connectivity index (χ4n) is 4.32. The van der Waals surface area contributed by atoms with Crippen LogP contribution in [0.3, 0.4) is 0 Å². The SMILES string of the molecule is COC(=O)c1ccc(OC)c(Cc2ccc(OC)cc2)c1.COC(=O)c1cccc(Cc2ccc(OC)cc2)c1OC. The minimum absolute atomic E-state index is 0.353. The Hall–Kier alpha value is -4.98. The van der Waals surface area contributed by atoms with Crippen molar-refractivity contribution in [1.29, 1.82) is 0 Å². The van der Waals surface area contributed by atoms with Crippen molar-refractivity contribution in [2.75, 3.05) is 42.7 Å². The highest BCUT2D eigenvalue weighted by atomic mass is 16.5. The summed E-state index contributed by atoms with van der Waals surface area (Å²) in [7, 11) is 9.17. The van der Waals surface area contributed by atoms with Crippen LogP contribution < -0.4 is 18.9 Å². The van der Waals surface area contributed by atoms with E-state index in [1.165, 1.54) is 14.2 Å². The van der Waals surface area contributed by atoms with Gasteiger partial charge in [-0.3, -0.25) is 0 Å². The second-order valence-electron chi connectivity index (χ2n) is 9.06. The number of hydrogen-bond acceptors (Lipinski definition) is 8. The lowest BCUT2D eigenvalue weighted by atomic mass is 10.0. The van der Waals surface area contributed by atoms with Crippen LogP contribution in [0.15, 0.2) is 84.9 Å². The Morgan fingerprint density at radius 2 is 1.10 bits per heavy atom. The van der Waals surface area contributed by atoms with Gasteiger partial charge >= 0.3 is 11.9 Å². The first-order valence-corrected chi connectivity index (χ1v) is 13.1. The normalized spacial score (nSPS) is 10.0. The number of methoxy groups -OCH3 is 6. The fraction of sp³-hybridized carbons (Fsp3) is 0.235. The summed E-state index contributed by atoms with van der Waals surface area (Å²) in [6.07, 6.45) is 1.33. The van der Waals surface area contributed by atoms with Crippen LogP contribution in [-0.4, -0.2) is 54.6 Å². The summed E-state index contributed by atoms with van der Waals surface area (Å²) < 4.78 is 30.6. The molecule has 0 spiro atoms. The predicted molar refractivity (Wildman–Crippen MR) is 160 cm³/mol. The third kappa shape index (κ3) is 8.27. The van der Waals surface area contributed by atoms with Crippen LogP contribution >= 0.6 is 0 Å². The predicted octanol–water partition coefficient (Wildman–Crippen LogP) is 6.16. The zero-order valence-corrected chi connectivity index (χ0v) is 24.8. The highest BCUT2D eigenvalue weighted by Gasteiger charge is 2.16. The first-order valence-electron chi connectivity index (χ1n) is 13.1. The van der Waals surface area contributed by atoms with E-state index < -0.39 is 5.97 Å². The molecule has 0 amide bonds. The Labute approximate surface area is 246 Å². The van der Waals surface area contributed by atoms with Gasteiger partial charge in [-0.2, -0.15) is 0 Å². The van der Waals surface area contributed by atoms with E-state index >= 15 is 0 Å². The maximum Gasteiger partial charge on any atom is 0.341 e. The van der Waals surface area contributed by atoms with E-state index in [0.717, 1.165) is 39.5 Å². The Balaban J connectivity index is 0.000000230. The number of para-hydroxylation sites is 1. The molecule has 0 aliphatic heterocycles. The van der Waals surface area contributed by atoms with Crippen molar-refractivity contribution in [3.8, 4) is 23.0 Å². The van der Waals surface area contributed by atoms with Crippen molar-refractivity contribution in [1.82, 2.24) is 0 Å². The highest BCUT2D eigenvalue weighted by molar-refractivity contribution is 5.93. The van der Waals surface area contributed by atoms with E-state index in [2.05, 4.69) is 0 Å². The molecule has 0 radical (unpaired) electrons. The van der Waals surface area contributed by atoms with Crippen LogP contribution in [0.5, 0.6) is 23.0 Å². The third-order valence-corrected chi connectivity index (χ3v) is 6.51. The zero-order valence-electron chi connectivity index (χ0n) is 24.8. The third-order valence-electron chi connectivity index (χ3n) is 6.51. The molecule has 0 saturated carbocycles. The number of ether oxygens (including phenoxy) is 6. The van der Waals surface area contributed by atoms with Crippen LogP contribution in [-0.2, 0) is 22.3 Å². The van der Waals surface area contributed by atoms with E-state index in [9.17, 15) is 9.59 Å². The maximum absolute atomic E-state index is 11.8. The lowest BCUT2D eigenvalue weighted by molar-refractivity contribution is 0.0589. The van der Waals surface area contributed by atoms with Crippen molar-refractivity contribution in [3.05, 3.63) is 118 Å². The monoisotopic (exact) mass is 572 g/mol. The van der Waals surface area contributed by atoms with Crippen molar-refractivity contribution < 1.29 is 38.0 Å². The lowest BCUT2D eigenvalue weighted by Gasteiger charge is -2.12. The van der Waals surface area contributed by atoms with Gasteiger partial charge in [-0.05, 0) is 70.8 Å². The molecule has 0 atom stereocenters. The number of hydrogen-bond donors (Lipinski definition) is 0. The Morgan fingerprint density at radius 1 is 0.548 bits per heavy atom. The molecule has 0 aromatic heterocycles. The number of rotatable bonds is 10. The summed E-state index contributed by atoms with van der Waals surface area (Å²) in [6, 6.07) is 26.3. The van der Waals surface area contributed by atoms with E-state index in [4.69, 9.17) is 28.4 Å². The Kier molecular flexibility index (Phi) is 11.8.